The summed E-state index contributed by atoms with van der Waals surface area (Å²) in [6.45, 7) is 0. The molecule has 0 aliphatic heterocycles. The molecule has 0 spiro atoms. The molecule has 0 atom stereocenters. The molecule has 0 aliphatic carbocycles. The fraction of sp³-hybridized carbons (Fsp3) is 0. The van der Waals surface area contributed by atoms with Gasteiger partial charge in [-0.05, 0) is 194 Å². The van der Waals surface area contributed by atoms with Gasteiger partial charge in [0.25, 0.3) is 0 Å². The molecule has 14 aromatic carbocycles. The van der Waals surface area contributed by atoms with E-state index in [9.17, 15) is 19.8 Å². The minimum absolute atomic E-state index is 0.150. The summed E-state index contributed by atoms with van der Waals surface area (Å²) >= 11 is 0. The summed E-state index contributed by atoms with van der Waals surface area (Å²) in [5.41, 5.74) is 8.57. The molecule has 0 amide bonds. The lowest BCUT2D eigenvalue weighted by Gasteiger charge is -2.21. The van der Waals surface area contributed by atoms with E-state index >= 15 is 0 Å². The van der Waals surface area contributed by atoms with Crippen LogP contribution in [0.5, 0.6) is 23.0 Å². The van der Waals surface area contributed by atoms with Crippen LogP contribution in [-0.4, -0.2) is 22.2 Å². The second-order valence-corrected chi connectivity index (χ2v) is 20.2. The number of carbonyl (C=O) groups is 2. The number of carboxylic acids is 2. The second kappa shape index (κ2) is 19.6. The Morgan fingerprint density at radius 3 is 0.900 bits per heavy atom. The van der Waals surface area contributed by atoms with Crippen LogP contribution in [0.4, 0.5) is 0 Å². The van der Waals surface area contributed by atoms with Gasteiger partial charge < -0.3 is 19.7 Å². The van der Waals surface area contributed by atoms with Gasteiger partial charge in [-0.15, -0.1) is 0 Å². The zero-order valence-electron chi connectivity index (χ0n) is 42.9. The molecule has 0 saturated carbocycles. The Bertz CT molecular complexity index is 4550. The van der Waals surface area contributed by atoms with Crippen LogP contribution in [0, 0.1) is 0 Å². The predicted octanol–water partition coefficient (Wildman–Crippen LogP) is 19.9. The third kappa shape index (κ3) is 8.77. The first kappa shape index (κ1) is 47.6. The monoisotopic (exact) mass is 1030 g/mol. The SMILES string of the molecule is O=C(O)c1ccc(Oc2ccc3cc(-c4ccc5ccccc5c4)ccc3c2-c2c(Oc3ccc(C(=O)O)c(-c4ccc5ccccc5c4)c3)ccc3cc(-c4ccc5ccccc5c4)ccc23)cc1-c1ccc2ccccc2c1. The molecule has 6 heteroatoms. The van der Waals surface area contributed by atoms with Crippen molar-refractivity contribution in [1.82, 2.24) is 0 Å². The van der Waals surface area contributed by atoms with Crippen molar-refractivity contribution >= 4 is 76.6 Å². The minimum atomic E-state index is -1.05. The van der Waals surface area contributed by atoms with Crippen molar-refractivity contribution in [2.24, 2.45) is 0 Å². The summed E-state index contributed by atoms with van der Waals surface area (Å²) in [6.07, 6.45) is 0. The fourth-order valence-corrected chi connectivity index (χ4v) is 11.4. The van der Waals surface area contributed by atoms with Crippen LogP contribution in [0.25, 0.3) is 120 Å². The molecule has 6 nitrogen and oxygen atoms in total. The van der Waals surface area contributed by atoms with E-state index in [2.05, 4.69) is 121 Å². The van der Waals surface area contributed by atoms with E-state index in [1.165, 1.54) is 0 Å². The molecular weight excluding hydrogens is 985 g/mol. The van der Waals surface area contributed by atoms with Gasteiger partial charge in [0.2, 0.25) is 0 Å². The first-order valence-corrected chi connectivity index (χ1v) is 26.5. The lowest BCUT2D eigenvalue weighted by atomic mass is 9.89. The number of aromatic carboxylic acids is 2. The Balaban J connectivity index is 0.986. The van der Waals surface area contributed by atoms with Crippen LogP contribution < -0.4 is 9.47 Å². The van der Waals surface area contributed by atoms with Gasteiger partial charge >= 0.3 is 11.9 Å². The Morgan fingerprint density at radius 2 is 0.550 bits per heavy atom. The first-order chi connectivity index (χ1) is 39.2. The van der Waals surface area contributed by atoms with Gasteiger partial charge in [-0.2, -0.15) is 0 Å². The maximum atomic E-state index is 12.9. The van der Waals surface area contributed by atoms with Crippen LogP contribution in [-0.2, 0) is 0 Å². The molecule has 14 rings (SSSR count). The molecule has 0 saturated heterocycles. The number of hydrogen-bond donors (Lipinski definition) is 2. The van der Waals surface area contributed by atoms with E-state index in [1.807, 2.05) is 109 Å². The number of benzene rings is 14. The van der Waals surface area contributed by atoms with Gasteiger partial charge in [0.1, 0.15) is 23.0 Å². The average molecular weight is 1030 g/mol. The van der Waals surface area contributed by atoms with Gasteiger partial charge in [-0.1, -0.05) is 182 Å². The third-order valence-electron chi connectivity index (χ3n) is 15.4. The summed E-state index contributed by atoms with van der Waals surface area (Å²) in [5, 5.41) is 33.5. The highest BCUT2D eigenvalue weighted by molar-refractivity contribution is 6.12. The van der Waals surface area contributed by atoms with E-state index in [0.29, 0.717) is 34.1 Å². The predicted molar refractivity (Wildman–Crippen MR) is 326 cm³/mol. The van der Waals surface area contributed by atoms with Crippen LogP contribution in [0.15, 0.2) is 267 Å². The highest BCUT2D eigenvalue weighted by Crippen LogP contribution is 2.50. The topological polar surface area (TPSA) is 93.1 Å². The van der Waals surface area contributed by atoms with Crippen molar-refractivity contribution in [2.75, 3.05) is 0 Å². The van der Waals surface area contributed by atoms with Crippen molar-refractivity contribution in [1.29, 1.82) is 0 Å². The van der Waals surface area contributed by atoms with E-state index < -0.39 is 11.9 Å². The molecule has 0 fully saturated rings. The van der Waals surface area contributed by atoms with Crippen molar-refractivity contribution in [3.63, 3.8) is 0 Å². The summed E-state index contributed by atoms with van der Waals surface area (Å²) in [5.74, 6) is -0.188. The second-order valence-electron chi connectivity index (χ2n) is 20.2. The number of carboxylic acid groups (broad SMARTS) is 2. The molecule has 0 radical (unpaired) electrons. The summed E-state index contributed by atoms with van der Waals surface area (Å²) in [6, 6.07) is 89.0. The Morgan fingerprint density at radius 1 is 0.263 bits per heavy atom. The molecule has 378 valence electrons. The zero-order chi connectivity index (χ0) is 53.8. The van der Waals surface area contributed by atoms with Gasteiger partial charge in [0, 0.05) is 11.1 Å². The number of rotatable bonds is 11. The first-order valence-electron chi connectivity index (χ1n) is 26.5. The van der Waals surface area contributed by atoms with Crippen LogP contribution in [0.3, 0.4) is 0 Å². The molecule has 0 heterocycles. The van der Waals surface area contributed by atoms with E-state index in [-0.39, 0.29) is 11.1 Å². The van der Waals surface area contributed by atoms with Gasteiger partial charge in [-0.25, -0.2) is 9.59 Å². The quantitative estimate of drug-likeness (QED) is 0.134. The Hall–Kier alpha value is -10.8. The highest BCUT2D eigenvalue weighted by atomic mass is 16.5. The van der Waals surface area contributed by atoms with Crippen molar-refractivity contribution in [3.05, 3.63) is 278 Å². The third-order valence-corrected chi connectivity index (χ3v) is 15.4. The lowest BCUT2D eigenvalue weighted by Crippen LogP contribution is -2.01. The van der Waals surface area contributed by atoms with Gasteiger partial charge in [0.15, 0.2) is 0 Å². The number of hydrogen-bond acceptors (Lipinski definition) is 4. The number of fused-ring (bicyclic) bond motifs is 6. The lowest BCUT2D eigenvalue weighted by molar-refractivity contribution is 0.0687. The Kier molecular flexibility index (Phi) is 11.7. The molecule has 80 heavy (non-hydrogen) atoms. The minimum Gasteiger partial charge on any atom is -0.478 e. The summed E-state index contributed by atoms with van der Waals surface area (Å²) in [4.78, 5) is 25.8. The van der Waals surface area contributed by atoms with Crippen LogP contribution in [0.1, 0.15) is 20.7 Å². The fourth-order valence-electron chi connectivity index (χ4n) is 11.4. The molecular formula is C74H46O6. The smallest absolute Gasteiger partial charge is 0.336 e. The van der Waals surface area contributed by atoms with Crippen molar-refractivity contribution < 1.29 is 29.3 Å². The van der Waals surface area contributed by atoms with Gasteiger partial charge in [-0.3, -0.25) is 0 Å². The highest BCUT2D eigenvalue weighted by Gasteiger charge is 2.24. The summed E-state index contributed by atoms with van der Waals surface area (Å²) < 4.78 is 14.3. The average Bonchev–Trinajstić information content (AvgIpc) is 3.52. The van der Waals surface area contributed by atoms with Crippen LogP contribution >= 0.6 is 0 Å². The molecule has 0 aromatic heterocycles. The molecule has 2 N–H and O–H groups in total. The maximum Gasteiger partial charge on any atom is 0.336 e. The Labute approximate surface area is 460 Å². The molecule has 0 unspecified atom stereocenters. The molecule has 0 aliphatic rings. The van der Waals surface area contributed by atoms with Crippen molar-refractivity contribution in [2.45, 2.75) is 0 Å². The largest absolute Gasteiger partial charge is 0.478 e. The van der Waals surface area contributed by atoms with E-state index in [4.69, 9.17) is 9.47 Å². The van der Waals surface area contributed by atoms with E-state index in [1.54, 1.807) is 36.4 Å². The van der Waals surface area contributed by atoms with Crippen LogP contribution in [0.2, 0.25) is 0 Å². The molecule has 0 bridgehead atoms. The zero-order valence-corrected chi connectivity index (χ0v) is 42.9. The van der Waals surface area contributed by atoms with Crippen molar-refractivity contribution in [3.8, 4) is 78.6 Å². The number of ether oxygens (including phenoxy) is 2. The normalized spacial score (nSPS) is 11.4. The standard InChI is InChI=1S/C74H46O6/c75-73(76)65-33-29-61(43-67(65)59-23-19-47-11-3-7-15-51(47)39-59)79-69-35-27-57-41-55(53-21-17-45-9-1-5-13-49(45)37-53)25-31-63(57)71(69)72-64-32-26-56(54-22-18-46-10-2-6-14-50(46)38-54)42-58(64)28-36-70(72)80-62-30-34-66(74(77)78)68(44-62)60-24-20-48-12-4-8-16-52(48)40-60/h1-44H,(H,75,76)(H,77,78). The molecule has 14 aromatic rings. The van der Waals surface area contributed by atoms with E-state index in [0.717, 1.165) is 109 Å². The maximum absolute atomic E-state index is 12.9. The summed E-state index contributed by atoms with van der Waals surface area (Å²) in [7, 11) is 0. The van der Waals surface area contributed by atoms with Gasteiger partial charge in [0.05, 0.1) is 11.1 Å².